The van der Waals surface area contributed by atoms with E-state index in [9.17, 15) is 9.65 Å². The van der Waals surface area contributed by atoms with Crippen LogP contribution in [-0.4, -0.2) is 26.3 Å². The van der Waals surface area contributed by atoms with Crippen molar-refractivity contribution in [1.82, 2.24) is 0 Å². The minimum absolute atomic E-state index is 0.322. The molecule has 1 saturated heterocycles. The van der Waals surface area contributed by atoms with E-state index in [-0.39, 0.29) is 5.82 Å². The number of hydrogen-bond donors (Lipinski definition) is 0. The van der Waals surface area contributed by atoms with E-state index in [1.165, 1.54) is 6.07 Å². The molecule has 0 bridgehead atoms. The van der Waals surface area contributed by atoms with Crippen LogP contribution >= 0.6 is 0 Å². The fourth-order valence-electron chi connectivity index (χ4n) is 2.62. The van der Waals surface area contributed by atoms with Crippen molar-refractivity contribution in [2.75, 3.05) is 31.2 Å². The molecular formula is C19H17FN2O. The summed E-state index contributed by atoms with van der Waals surface area (Å²) in [5.41, 5.74) is 2.66. The van der Waals surface area contributed by atoms with Gasteiger partial charge in [-0.3, -0.25) is 0 Å². The van der Waals surface area contributed by atoms with Crippen LogP contribution in [0.5, 0.6) is 0 Å². The Bertz CT molecular complexity index is 741. The lowest BCUT2D eigenvalue weighted by molar-refractivity contribution is 0.122. The van der Waals surface area contributed by atoms with Crippen LogP contribution in [0.4, 0.5) is 10.1 Å². The summed E-state index contributed by atoms with van der Waals surface area (Å²) in [6.07, 6.45) is 1.71. The Balaban J connectivity index is 1.84. The van der Waals surface area contributed by atoms with Crippen LogP contribution in [0.15, 0.2) is 48.5 Å². The summed E-state index contributed by atoms with van der Waals surface area (Å²) in [7, 11) is 0. The number of benzene rings is 2. The largest absolute Gasteiger partial charge is 0.378 e. The van der Waals surface area contributed by atoms with Gasteiger partial charge >= 0.3 is 0 Å². The number of hydrogen-bond acceptors (Lipinski definition) is 3. The third-order valence-corrected chi connectivity index (χ3v) is 3.86. The van der Waals surface area contributed by atoms with Gasteiger partial charge in [-0.2, -0.15) is 5.26 Å². The third-order valence-electron chi connectivity index (χ3n) is 3.86. The Kier molecular flexibility index (Phi) is 4.70. The molecule has 0 aromatic heterocycles. The van der Waals surface area contributed by atoms with Crippen molar-refractivity contribution in [3.63, 3.8) is 0 Å². The van der Waals surface area contributed by atoms with Gasteiger partial charge in [-0.1, -0.05) is 30.3 Å². The quantitative estimate of drug-likeness (QED) is 0.640. The fraction of sp³-hybridized carbons (Fsp3) is 0.211. The van der Waals surface area contributed by atoms with Gasteiger partial charge in [0.05, 0.1) is 24.9 Å². The highest BCUT2D eigenvalue weighted by Crippen LogP contribution is 2.22. The second-order valence-electron chi connectivity index (χ2n) is 5.34. The van der Waals surface area contributed by atoms with E-state index < -0.39 is 0 Å². The maximum atomic E-state index is 13.8. The van der Waals surface area contributed by atoms with Gasteiger partial charge in [0.1, 0.15) is 5.82 Å². The molecule has 0 unspecified atom stereocenters. The first-order valence-corrected chi connectivity index (χ1v) is 7.57. The van der Waals surface area contributed by atoms with Crippen molar-refractivity contribution in [3.05, 3.63) is 65.5 Å². The van der Waals surface area contributed by atoms with Crippen molar-refractivity contribution >= 4 is 17.3 Å². The van der Waals surface area contributed by atoms with E-state index in [4.69, 9.17) is 4.74 Å². The molecule has 0 radical (unpaired) electrons. The highest BCUT2D eigenvalue weighted by Gasteiger charge is 2.11. The second kappa shape index (κ2) is 7.08. The maximum Gasteiger partial charge on any atom is 0.131 e. The van der Waals surface area contributed by atoms with Crippen LogP contribution in [0, 0.1) is 17.1 Å². The van der Waals surface area contributed by atoms with Gasteiger partial charge in [0.2, 0.25) is 0 Å². The Morgan fingerprint density at radius 1 is 1.09 bits per heavy atom. The first-order valence-electron chi connectivity index (χ1n) is 7.57. The lowest BCUT2D eigenvalue weighted by Gasteiger charge is -2.28. The van der Waals surface area contributed by atoms with Gasteiger partial charge in [0, 0.05) is 24.3 Å². The molecule has 2 aromatic rings. The Labute approximate surface area is 135 Å². The molecule has 0 saturated carbocycles. The number of nitriles is 1. The molecule has 1 fully saturated rings. The van der Waals surface area contributed by atoms with Gasteiger partial charge in [-0.25, -0.2) is 4.39 Å². The van der Waals surface area contributed by atoms with E-state index in [2.05, 4.69) is 11.0 Å². The van der Waals surface area contributed by atoms with Crippen LogP contribution in [0.2, 0.25) is 0 Å². The highest BCUT2D eigenvalue weighted by atomic mass is 19.1. The van der Waals surface area contributed by atoms with Crippen molar-refractivity contribution < 1.29 is 9.13 Å². The highest BCUT2D eigenvalue weighted by molar-refractivity contribution is 5.89. The molecule has 2 aromatic carbocycles. The molecular weight excluding hydrogens is 291 g/mol. The maximum absolute atomic E-state index is 13.8. The minimum Gasteiger partial charge on any atom is -0.378 e. The van der Waals surface area contributed by atoms with Crippen LogP contribution in [-0.2, 0) is 4.74 Å². The summed E-state index contributed by atoms with van der Waals surface area (Å²) in [4.78, 5) is 2.26. The molecule has 3 nitrogen and oxygen atoms in total. The number of nitrogens with zero attached hydrogens (tertiary/aromatic N) is 2. The van der Waals surface area contributed by atoms with Gasteiger partial charge in [-0.15, -0.1) is 0 Å². The van der Waals surface area contributed by atoms with Crippen molar-refractivity contribution in [3.8, 4) is 6.07 Å². The molecule has 0 aliphatic carbocycles. The molecule has 1 heterocycles. The molecule has 4 heteroatoms. The number of allylic oxidation sites excluding steroid dienone is 1. The summed E-state index contributed by atoms with van der Waals surface area (Å²) in [6, 6.07) is 16.3. The van der Waals surface area contributed by atoms with Crippen LogP contribution in [0.3, 0.4) is 0 Å². The normalized spacial score (nSPS) is 15.3. The molecule has 3 rings (SSSR count). The van der Waals surface area contributed by atoms with Crippen molar-refractivity contribution in [2.24, 2.45) is 0 Å². The van der Waals surface area contributed by atoms with E-state index in [0.29, 0.717) is 11.1 Å². The van der Waals surface area contributed by atoms with Crippen LogP contribution < -0.4 is 4.90 Å². The molecule has 0 N–H and O–H groups in total. The number of anilines is 1. The summed E-state index contributed by atoms with van der Waals surface area (Å²) in [5, 5.41) is 9.32. The first-order chi connectivity index (χ1) is 11.3. The minimum atomic E-state index is -0.384. The number of halogens is 1. The summed E-state index contributed by atoms with van der Waals surface area (Å²) in [5.74, 6) is -0.384. The molecule has 116 valence electrons. The third kappa shape index (κ3) is 3.58. The van der Waals surface area contributed by atoms with Crippen LogP contribution in [0.1, 0.15) is 11.1 Å². The van der Waals surface area contributed by atoms with Gasteiger partial charge in [-0.05, 0) is 29.8 Å². The average molecular weight is 308 g/mol. The monoisotopic (exact) mass is 308 g/mol. The molecule has 0 spiro atoms. The molecule has 0 amide bonds. The fourth-order valence-corrected chi connectivity index (χ4v) is 2.62. The van der Waals surface area contributed by atoms with E-state index in [1.54, 1.807) is 24.3 Å². The molecule has 0 atom stereocenters. The van der Waals surface area contributed by atoms with E-state index in [1.807, 2.05) is 24.3 Å². The van der Waals surface area contributed by atoms with Crippen molar-refractivity contribution in [1.29, 1.82) is 5.26 Å². The van der Waals surface area contributed by atoms with E-state index >= 15 is 0 Å². The van der Waals surface area contributed by atoms with Gasteiger partial charge < -0.3 is 9.64 Å². The first kappa shape index (κ1) is 15.3. The lowest BCUT2D eigenvalue weighted by atomic mass is 10.0. The lowest BCUT2D eigenvalue weighted by Crippen LogP contribution is -2.36. The zero-order chi connectivity index (χ0) is 16.1. The topological polar surface area (TPSA) is 36.3 Å². The number of morpholine rings is 1. The molecule has 1 aliphatic rings. The van der Waals surface area contributed by atoms with Crippen molar-refractivity contribution in [2.45, 2.75) is 0 Å². The Morgan fingerprint density at radius 3 is 2.43 bits per heavy atom. The standard InChI is InChI=1S/C19H17FN2O/c20-19-4-2-1-3-18(19)16(14-21)13-15-5-7-17(8-6-15)22-9-11-23-12-10-22/h1-8,13H,9-12H2/b16-13+. The molecule has 1 aliphatic heterocycles. The smallest absolute Gasteiger partial charge is 0.131 e. The van der Waals surface area contributed by atoms with Gasteiger partial charge in [0.25, 0.3) is 0 Å². The SMILES string of the molecule is N#C/C(=C\c1ccc(N2CCOCC2)cc1)c1ccccc1F. The predicted molar refractivity (Wildman–Crippen MR) is 89.4 cm³/mol. The zero-order valence-electron chi connectivity index (χ0n) is 12.7. The summed E-state index contributed by atoms with van der Waals surface area (Å²) >= 11 is 0. The predicted octanol–water partition coefficient (Wildman–Crippen LogP) is 3.73. The molecule has 23 heavy (non-hydrogen) atoms. The number of rotatable bonds is 3. The number of ether oxygens (including phenoxy) is 1. The second-order valence-corrected chi connectivity index (χ2v) is 5.34. The Morgan fingerprint density at radius 2 is 1.78 bits per heavy atom. The summed E-state index contributed by atoms with van der Waals surface area (Å²) < 4.78 is 19.2. The van der Waals surface area contributed by atoms with Gasteiger partial charge in [0.15, 0.2) is 0 Å². The van der Waals surface area contributed by atoms with E-state index in [0.717, 1.165) is 37.6 Å². The average Bonchev–Trinajstić information content (AvgIpc) is 2.62. The van der Waals surface area contributed by atoms with Crippen LogP contribution in [0.25, 0.3) is 11.6 Å². The summed E-state index contributed by atoms with van der Waals surface area (Å²) in [6.45, 7) is 3.25. The Hall–Kier alpha value is -2.64. The zero-order valence-corrected chi connectivity index (χ0v) is 12.7.